The van der Waals surface area contributed by atoms with Crippen LogP contribution in [0.1, 0.15) is 44.9 Å². The number of rotatable bonds is 3. The van der Waals surface area contributed by atoms with Crippen molar-refractivity contribution in [3.8, 4) is 0 Å². The minimum absolute atomic E-state index is 0.0868. The van der Waals surface area contributed by atoms with Crippen LogP contribution in [0.2, 0.25) is 0 Å². The number of carbonyl (C=O) groups is 1. The molecule has 0 bridgehead atoms. The fourth-order valence-electron chi connectivity index (χ4n) is 2.94. The van der Waals surface area contributed by atoms with Gasteiger partial charge in [-0.25, -0.2) is 0 Å². The molecule has 2 atom stereocenters. The fraction of sp³-hybridized carbons (Fsp3) is 0.923. The molecule has 0 aromatic rings. The molecule has 1 heterocycles. The van der Waals surface area contributed by atoms with Crippen LogP contribution in [0.5, 0.6) is 0 Å². The molecule has 1 saturated carbocycles. The highest BCUT2D eigenvalue weighted by Gasteiger charge is 2.34. The van der Waals surface area contributed by atoms with Gasteiger partial charge in [-0.15, -0.1) is 0 Å². The molecule has 2 unspecified atom stereocenters. The summed E-state index contributed by atoms with van der Waals surface area (Å²) in [5, 5.41) is 0. The summed E-state index contributed by atoms with van der Waals surface area (Å²) in [6.07, 6.45) is 7.71. The average Bonchev–Trinajstić information content (AvgIpc) is 2.87. The van der Waals surface area contributed by atoms with Crippen LogP contribution in [0.4, 0.5) is 0 Å². The molecule has 0 radical (unpaired) electrons. The van der Waals surface area contributed by atoms with Gasteiger partial charge in [0.15, 0.2) is 0 Å². The summed E-state index contributed by atoms with van der Waals surface area (Å²) in [6, 6.07) is 0.428. The van der Waals surface area contributed by atoms with Crippen molar-refractivity contribution >= 4 is 5.91 Å². The lowest BCUT2D eigenvalue weighted by molar-refractivity contribution is -0.144. The Bertz CT molecular complexity index is 264. The lowest BCUT2D eigenvalue weighted by atomic mass is 9.94. The van der Waals surface area contributed by atoms with Crippen LogP contribution in [-0.4, -0.2) is 42.6 Å². The molecule has 2 N–H and O–H groups in total. The van der Waals surface area contributed by atoms with Crippen LogP contribution in [0.3, 0.4) is 0 Å². The van der Waals surface area contributed by atoms with Gasteiger partial charge in [0.25, 0.3) is 5.91 Å². The zero-order valence-electron chi connectivity index (χ0n) is 10.7. The molecule has 98 valence electrons. The second-order valence-corrected chi connectivity index (χ2v) is 5.30. The third-order valence-electron chi connectivity index (χ3n) is 4.12. The maximum Gasteiger partial charge on any atom is 0.251 e. The van der Waals surface area contributed by atoms with Crippen molar-refractivity contribution in [2.24, 2.45) is 5.73 Å². The van der Waals surface area contributed by atoms with E-state index in [2.05, 4.69) is 0 Å². The van der Waals surface area contributed by atoms with Gasteiger partial charge in [0, 0.05) is 19.6 Å². The number of nitrogens with zero attached hydrogens (tertiary/aromatic N) is 1. The minimum atomic E-state index is -0.240. The molecule has 2 rings (SSSR count). The summed E-state index contributed by atoms with van der Waals surface area (Å²) >= 11 is 0. The van der Waals surface area contributed by atoms with E-state index in [-0.39, 0.29) is 18.1 Å². The highest BCUT2D eigenvalue weighted by atomic mass is 16.5. The van der Waals surface area contributed by atoms with Gasteiger partial charge in [0.1, 0.15) is 6.10 Å². The monoisotopic (exact) mass is 240 g/mol. The molecule has 2 fully saturated rings. The average molecular weight is 240 g/mol. The molecule has 2 aliphatic rings. The Morgan fingerprint density at radius 1 is 1.24 bits per heavy atom. The number of ether oxygens (including phenoxy) is 1. The van der Waals surface area contributed by atoms with Gasteiger partial charge in [-0.2, -0.15) is 0 Å². The standard InChI is InChI=1S/C13H24N2O2/c1-15(10-5-3-2-4-6-10)13(16)12-8-7-11(9-14)17-12/h10-12H,2-9,14H2,1H3. The molecule has 1 amide bonds. The summed E-state index contributed by atoms with van der Waals surface area (Å²) < 4.78 is 5.67. The number of likely N-dealkylation sites (N-methyl/N-ethyl adjacent to an activating group) is 1. The zero-order valence-corrected chi connectivity index (χ0v) is 10.7. The summed E-state index contributed by atoms with van der Waals surface area (Å²) in [5.74, 6) is 0.160. The van der Waals surface area contributed by atoms with Gasteiger partial charge in [0.05, 0.1) is 6.10 Å². The normalized spacial score (nSPS) is 30.5. The van der Waals surface area contributed by atoms with Crippen molar-refractivity contribution in [2.75, 3.05) is 13.6 Å². The Morgan fingerprint density at radius 2 is 1.94 bits per heavy atom. The predicted octanol–water partition coefficient (Wildman–Crippen LogP) is 1.28. The Morgan fingerprint density at radius 3 is 2.53 bits per heavy atom. The number of hydrogen-bond donors (Lipinski definition) is 1. The third kappa shape index (κ3) is 2.99. The first-order valence-corrected chi connectivity index (χ1v) is 6.84. The summed E-state index contributed by atoms with van der Waals surface area (Å²) in [6.45, 7) is 0.525. The molecule has 0 aromatic heterocycles. The van der Waals surface area contributed by atoms with E-state index in [1.54, 1.807) is 0 Å². The van der Waals surface area contributed by atoms with E-state index in [0.717, 1.165) is 25.7 Å². The largest absolute Gasteiger partial charge is 0.364 e. The number of nitrogens with two attached hydrogens (primary N) is 1. The maximum absolute atomic E-state index is 12.3. The first-order chi connectivity index (χ1) is 8.22. The molecular weight excluding hydrogens is 216 g/mol. The van der Waals surface area contributed by atoms with E-state index < -0.39 is 0 Å². The SMILES string of the molecule is CN(C(=O)C1CCC(CN)O1)C1CCCCC1. The summed E-state index contributed by atoms with van der Waals surface area (Å²) in [5.41, 5.74) is 5.57. The topological polar surface area (TPSA) is 55.6 Å². The van der Waals surface area contributed by atoms with Crippen molar-refractivity contribution in [1.29, 1.82) is 0 Å². The summed E-state index contributed by atoms with van der Waals surface area (Å²) in [7, 11) is 1.93. The molecular formula is C13H24N2O2. The first kappa shape index (κ1) is 12.8. The first-order valence-electron chi connectivity index (χ1n) is 6.84. The van der Waals surface area contributed by atoms with Gasteiger partial charge >= 0.3 is 0 Å². The van der Waals surface area contributed by atoms with Gasteiger partial charge in [-0.05, 0) is 25.7 Å². The fourth-order valence-corrected chi connectivity index (χ4v) is 2.94. The summed E-state index contributed by atoms with van der Waals surface area (Å²) in [4.78, 5) is 14.2. The molecule has 0 spiro atoms. The van der Waals surface area contributed by atoms with Gasteiger partial charge in [-0.3, -0.25) is 4.79 Å². The number of carbonyl (C=O) groups excluding carboxylic acids is 1. The molecule has 1 aliphatic heterocycles. The van der Waals surface area contributed by atoms with Gasteiger partial charge in [-0.1, -0.05) is 19.3 Å². The second kappa shape index (κ2) is 5.83. The lowest BCUT2D eigenvalue weighted by Crippen LogP contribution is -2.44. The predicted molar refractivity (Wildman–Crippen MR) is 66.6 cm³/mol. The smallest absolute Gasteiger partial charge is 0.251 e. The molecule has 1 saturated heterocycles. The molecule has 17 heavy (non-hydrogen) atoms. The number of hydrogen-bond acceptors (Lipinski definition) is 3. The third-order valence-corrected chi connectivity index (χ3v) is 4.12. The highest BCUT2D eigenvalue weighted by Crippen LogP contribution is 2.25. The Balaban J connectivity index is 1.86. The van der Waals surface area contributed by atoms with Crippen molar-refractivity contribution in [2.45, 2.75) is 63.2 Å². The Kier molecular flexibility index (Phi) is 4.40. The molecule has 0 aromatic carbocycles. The van der Waals surface area contributed by atoms with Crippen LogP contribution in [0, 0.1) is 0 Å². The zero-order chi connectivity index (χ0) is 12.3. The van der Waals surface area contributed by atoms with E-state index in [4.69, 9.17) is 10.5 Å². The van der Waals surface area contributed by atoms with Crippen LogP contribution in [-0.2, 0) is 9.53 Å². The van der Waals surface area contributed by atoms with Crippen molar-refractivity contribution in [3.05, 3.63) is 0 Å². The Labute approximate surface area is 103 Å². The van der Waals surface area contributed by atoms with Crippen molar-refractivity contribution < 1.29 is 9.53 Å². The quantitative estimate of drug-likeness (QED) is 0.808. The van der Waals surface area contributed by atoms with E-state index in [1.807, 2.05) is 11.9 Å². The lowest BCUT2D eigenvalue weighted by Gasteiger charge is -2.32. The number of amides is 1. The second-order valence-electron chi connectivity index (χ2n) is 5.30. The van der Waals surface area contributed by atoms with E-state index in [9.17, 15) is 4.79 Å². The van der Waals surface area contributed by atoms with Crippen molar-refractivity contribution in [3.63, 3.8) is 0 Å². The molecule has 4 nitrogen and oxygen atoms in total. The van der Waals surface area contributed by atoms with Crippen LogP contribution in [0.15, 0.2) is 0 Å². The van der Waals surface area contributed by atoms with Gasteiger partial charge < -0.3 is 15.4 Å². The molecule has 1 aliphatic carbocycles. The van der Waals surface area contributed by atoms with Crippen LogP contribution in [0.25, 0.3) is 0 Å². The van der Waals surface area contributed by atoms with Crippen LogP contribution < -0.4 is 5.73 Å². The van der Waals surface area contributed by atoms with Gasteiger partial charge in [0.2, 0.25) is 0 Å². The highest BCUT2D eigenvalue weighted by molar-refractivity contribution is 5.81. The molecule has 4 heteroatoms. The van der Waals surface area contributed by atoms with Crippen molar-refractivity contribution in [1.82, 2.24) is 4.90 Å². The van der Waals surface area contributed by atoms with E-state index in [1.165, 1.54) is 19.3 Å². The van der Waals surface area contributed by atoms with E-state index >= 15 is 0 Å². The minimum Gasteiger partial charge on any atom is -0.364 e. The van der Waals surface area contributed by atoms with E-state index in [0.29, 0.717) is 12.6 Å². The maximum atomic E-state index is 12.3. The Hall–Kier alpha value is -0.610. The van der Waals surface area contributed by atoms with Crippen LogP contribution >= 0.6 is 0 Å².